The fourth-order valence-electron chi connectivity index (χ4n) is 3.82. The number of piperidine rings is 1. The number of hydrogen-bond acceptors (Lipinski definition) is 3. The predicted octanol–water partition coefficient (Wildman–Crippen LogP) is 2.04. The molecule has 1 aliphatic heterocycles. The lowest BCUT2D eigenvalue weighted by Crippen LogP contribution is -2.39. The minimum Gasteiger partial charge on any atom is -0.337 e. The van der Waals surface area contributed by atoms with Crippen molar-refractivity contribution < 1.29 is 4.79 Å². The van der Waals surface area contributed by atoms with Gasteiger partial charge in [0, 0.05) is 43.3 Å². The highest BCUT2D eigenvalue weighted by molar-refractivity contribution is 5.94. The van der Waals surface area contributed by atoms with E-state index in [9.17, 15) is 4.79 Å². The molecule has 0 radical (unpaired) electrons. The second-order valence-corrected chi connectivity index (χ2v) is 6.73. The molecule has 4 rings (SSSR count). The predicted molar refractivity (Wildman–Crippen MR) is 86.1 cm³/mol. The molecule has 2 aliphatic rings. The summed E-state index contributed by atoms with van der Waals surface area (Å²) in [5, 5.41) is 7.40. The van der Waals surface area contributed by atoms with Crippen LogP contribution in [0.5, 0.6) is 0 Å². The number of carbonyl (C=O) groups excluding carboxylic acids is 1. The highest BCUT2D eigenvalue weighted by Gasteiger charge is 2.28. The van der Waals surface area contributed by atoms with Crippen LogP contribution in [0, 0.1) is 5.92 Å². The van der Waals surface area contributed by atoms with Crippen molar-refractivity contribution in [2.45, 2.75) is 45.1 Å². The van der Waals surface area contributed by atoms with E-state index in [2.05, 4.69) is 19.7 Å². The summed E-state index contributed by atoms with van der Waals surface area (Å²) in [5.41, 5.74) is 3.02. The van der Waals surface area contributed by atoms with Crippen molar-refractivity contribution in [1.82, 2.24) is 24.6 Å². The first-order valence-corrected chi connectivity index (χ1v) is 8.62. The maximum atomic E-state index is 12.8. The van der Waals surface area contributed by atoms with Crippen molar-refractivity contribution in [1.29, 1.82) is 0 Å². The maximum absolute atomic E-state index is 12.8. The summed E-state index contributed by atoms with van der Waals surface area (Å²) in [6.07, 6.45) is 12.2. The van der Waals surface area contributed by atoms with Crippen molar-refractivity contribution in [2.75, 3.05) is 13.1 Å². The van der Waals surface area contributed by atoms with Crippen LogP contribution in [-0.2, 0) is 19.4 Å². The zero-order valence-corrected chi connectivity index (χ0v) is 13.4. The van der Waals surface area contributed by atoms with E-state index in [0.717, 1.165) is 45.3 Å². The van der Waals surface area contributed by atoms with Crippen LogP contribution in [-0.4, -0.2) is 43.6 Å². The van der Waals surface area contributed by atoms with E-state index in [1.807, 2.05) is 23.6 Å². The Balaban J connectivity index is 1.38. The third-order valence-electron chi connectivity index (χ3n) is 5.19. The Morgan fingerprint density at radius 3 is 2.87 bits per heavy atom. The van der Waals surface area contributed by atoms with Crippen LogP contribution in [0.15, 0.2) is 18.7 Å². The van der Waals surface area contributed by atoms with Crippen LogP contribution < -0.4 is 0 Å². The van der Waals surface area contributed by atoms with E-state index >= 15 is 0 Å². The van der Waals surface area contributed by atoms with Gasteiger partial charge in [-0.1, -0.05) is 0 Å². The first kappa shape index (κ1) is 14.5. The number of H-pyrrole nitrogens is 1. The number of aromatic amines is 1. The zero-order chi connectivity index (χ0) is 15.6. The van der Waals surface area contributed by atoms with Crippen LogP contribution in [0.25, 0.3) is 0 Å². The second-order valence-electron chi connectivity index (χ2n) is 6.73. The number of nitrogens with zero attached hydrogens (tertiary/aromatic N) is 4. The van der Waals surface area contributed by atoms with Gasteiger partial charge in [-0.15, -0.1) is 0 Å². The molecule has 1 saturated heterocycles. The van der Waals surface area contributed by atoms with Crippen LogP contribution in [0.1, 0.15) is 47.4 Å². The van der Waals surface area contributed by atoms with Gasteiger partial charge in [-0.2, -0.15) is 5.10 Å². The molecule has 1 fully saturated rings. The minimum absolute atomic E-state index is 0.116. The van der Waals surface area contributed by atoms with Gasteiger partial charge >= 0.3 is 0 Å². The summed E-state index contributed by atoms with van der Waals surface area (Å²) < 4.78 is 2.13. The van der Waals surface area contributed by atoms with Gasteiger partial charge in [0.2, 0.25) is 0 Å². The first-order chi connectivity index (χ1) is 11.3. The van der Waals surface area contributed by atoms with Gasteiger partial charge in [0.1, 0.15) is 0 Å². The van der Waals surface area contributed by atoms with Gasteiger partial charge in [0.15, 0.2) is 5.69 Å². The third-order valence-corrected chi connectivity index (χ3v) is 5.19. The summed E-state index contributed by atoms with van der Waals surface area (Å²) in [6, 6.07) is 0. The molecule has 0 unspecified atom stereocenters. The van der Waals surface area contributed by atoms with E-state index in [-0.39, 0.29) is 5.91 Å². The number of aromatic nitrogens is 4. The topological polar surface area (TPSA) is 66.8 Å². The molecule has 122 valence electrons. The number of fused-ring (bicyclic) bond motifs is 1. The van der Waals surface area contributed by atoms with Gasteiger partial charge in [-0.25, -0.2) is 4.98 Å². The molecule has 2 aromatic rings. The number of likely N-dealkylation sites (tertiary alicyclic amines) is 1. The molecule has 2 aromatic heterocycles. The fourth-order valence-corrected chi connectivity index (χ4v) is 3.82. The van der Waals surface area contributed by atoms with E-state index in [1.165, 1.54) is 24.1 Å². The Labute approximate surface area is 135 Å². The SMILES string of the molecule is O=C(c1n[nH]c2c1CCCC2)N1CCC(Cn2ccnc2)CC1. The maximum Gasteiger partial charge on any atom is 0.274 e. The quantitative estimate of drug-likeness (QED) is 0.943. The molecule has 0 saturated carbocycles. The van der Waals surface area contributed by atoms with Crippen molar-refractivity contribution >= 4 is 5.91 Å². The molecule has 23 heavy (non-hydrogen) atoms. The molecular formula is C17H23N5O. The standard InChI is InChI=1S/C17H23N5O/c23-17(16-14-3-1-2-4-15(14)19-20-16)22-8-5-13(6-9-22)11-21-10-7-18-12-21/h7,10,12-13H,1-6,8-9,11H2,(H,19,20). The van der Waals surface area contributed by atoms with Crippen molar-refractivity contribution in [3.63, 3.8) is 0 Å². The Morgan fingerprint density at radius 2 is 2.09 bits per heavy atom. The molecular weight excluding hydrogens is 290 g/mol. The first-order valence-electron chi connectivity index (χ1n) is 8.62. The summed E-state index contributed by atoms with van der Waals surface area (Å²) >= 11 is 0. The summed E-state index contributed by atoms with van der Waals surface area (Å²) in [6.45, 7) is 2.67. The number of rotatable bonds is 3. The monoisotopic (exact) mass is 313 g/mol. The van der Waals surface area contributed by atoms with E-state index < -0.39 is 0 Å². The highest BCUT2D eigenvalue weighted by atomic mass is 16.2. The molecule has 6 nitrogen and oxygen atoms in total. The van der Waals surface area contributed by atoms with Gasteiger partial charge in [0.05, 0.1) is 6.33 Å². The lowest BCUT2D eigenvalue weighted by atomic mass is 9.94. The lowest BCUT2D eigenvalue weighted by Gasteiger charge is -2.32. The number of nitrogens with one attached hydrogen (secondary N) is 1. The van der Waals surface area contributed by atoms with Gasteiger partial charge in [-0.05, 0) is 44.4 Å². The average Bonchev–Trinajstić information content (AvgIpc) is 3.24. The zero-order valence-electron chi connectivity index (χ0n) is 13.4. The summed E-state index contributed by atoms with van der Waals surface area (Å²) in [5.74, 6) is 0.742. The van der Waals surface area contributed by atoms with Gasteiger partial charge in [-0.3, -0.25) is 9.89 Å². The Hall–Kier alpha value is -2.11. The fraction of sp³-hybridized carbons (Fsp3) is 0.588. The minimum atomic E-state index is 0.116. The highest BCUT2D eigenvalue weighted by Crippen LogP contribution is 2.25. The number of hydrogen-bond donors (Lipinski definition) is 1. The summed E-state index contributed by atoms with van der Waals surface area (Å²) in [4.78, 5) is 18.9. The van der Waals surface area contributed by atoms with Gasteiger partial charge < -0.3 is 9.47 Å². The number of aryl methyl sites for hydroxylation is 1. The number of imidazole rings is 1. The van der Waals surface area contributed by atoms with Crippen molar-refractivity contribution in [3.8, 4) is 0 Å². The normalized spacial score (nSPS) is 18.9. The molecule has 1 N–H and O–H groups in total. The molecule has 6 heteroatoms. The summed E-state index contributed by atoms with van der Waals surface area (Å²) in [7, 11) is 0. The van der Waals surface area contributed by atoms with E-state index in [4.69, 9.17) is 0 Å². The van der Waals surface area contributed by atoms with E-state index in [0.29, 0.717) is 11.6 Å². The van der Waals surface area contributed by atoms with Crippen LogP contribution >= 0.6 is 0 Å². The molecule has 0 bridgehead atoms. The van der Waals surface area contributed by atoms with Crippen molar-refractivity contribution in [3.05, 3.63) is 35.7 Å². The van der Waals surface area contributed by atoms with Gasteiger partial charge in [0.25, 0.3) is 5.91 Å². The molecule has 0 spiro atoms. The smallest absolute Gasteiger partial charge is 0.274 e. The number of amides is 1. The van der Waals surface area contributed by atoms with Crippen LogP contribution in [0.2, 0.25) is 0 Å². The lowest BCUT2D eigenvalue weighted by molar-refractivity contribution is 0.0675. The largest absolute Gasteiger partial charge is 0.337 e. The van der Waals surface area contributed by atoms with Crippen molar-refractivity contribution in [2.24, 2.45) is 5.92 Å². The second kappa shape index (κ2) is 6.18. The van der Waals surface area contributed by atoms with Crippen LogP contribution in [0.4, 0.5) is 0 Å². The molecule has 1 amide bonds. The van der Waals surface area contributed by atoms with Crippen LogP contribution in [0.3, 0.4) is 0 Å². The molecule has 1 aliphatic carbocycles. The van der Waals surface area contributed by atoms with E-state index in [1.54, 1.807) is 0 Å². The average molecular weight is 313 g/mol. The number of carbonyl (C=O) groups is 1. The third kappa shape index (κ3) is 2.90. The molecule has 3 heterocycles. The molecule has 0 atom stereocenters. The Morgan fingerprint density at radius 1 is 1.26 bits per heavy atom. The Kier molecular flexibility index (Phi) is 3.89. The Bertz CT molecular complexity index is 667. The molecule has 0 aromatic carbocycles.